The highest BCUT2D eigenvalue weighted by Crippen LogP contribution is 2.16. The Bertz CT molecular complexity index is 480. The standard InChI is InChI=1S/C16H21NO2/c1-12(2)19-15(18)16(4,17)13(3)10-11-14-8-6-5-7-9-14/h5-9,12-13H,17H2,1-4H3/t13-,16+/m1/s1. The van der Waals surface area contributed by atoms with Gasteiger partial charge >= 0.3 is 5.97 Å². The molecule has 3 nitrogen and oxygen atoms in total. The first-order chi connectivity index (χ1) is 8.84. The number of esters is 1. The van der Waals surface area contributed by atoms with Crippen LogP contribution in [0.2, 0.25) is 0 Å². The van der Waals surface area contributed by atoms with Crippen molar-refractivity contribution in [2.75, 3.05) is 0 Å². The minimum Gasteiger partial charge on any atom is -0.462 e. The molecule has 0 aliphatic rings. The van der Waals surface area contributed by atoms with Gasteiger partial charge in [-0.05, 0) is 39.8 Å². The van der Waals surface area contributed by atoms with Gasteiger partial charge in [-0.15, -0.1) is 0 Å². The molecule has 0 amide bonds. The first kappa shape index (κ1) is 15.3. The lowest BCUT2D eigenvalue weighted by atomic mass is 9.88. The van der Waals surface area contributed by atoms with Crippen molar-refractivity contribution in [2.45, 2.75) is 39.3 Å². The molecule has 1 aromatic rings. The fourth-order valence-electron chi connectivity index (χ4n) is 1.38. The van der Waals surface area contributed by atoms with Gasteiger partial charge in [0.2, 0.25) is 0 Å². The Morgan fingerprint density at radius 2 is 1.84 bits per heavy atom. The highest BCUT2D eigenvalue weighted by Gasteiger charge is 2.36. The number of ether oxygens (including phenoxy) is 1. The summed E-state index contributed by atoms with van der Waals surface area (Å²) in [6.07, 6.45) is -0.176. The Labute approximate surface area is 115 Å². The molecule has 0 aliphatic carbocycles. The Hall–Kier alpha value is -1.79. The molecule has 0 radical (unpaired) electrons. The summed E-state index contributed by atoms with van der Waals surface area (Å²) in [6.45, 7) is 7.09. The molecule has 0 aromatic heterocycles. The Kier molecular flexibility index (Phi) is 5.14. The maximum atomic E-state index is 11.9. The van der Waals surface area contributed by atoms with Crippen LogP contribution in [0.3, 0.4) is 0 Å². The summed E-state index contributed by atoms with van der Waals surface area (Å²) in [6, 6.07) is 9.61. The van der Waals surface area contributed by atoms with Gasteiger partial charge < -0.3 is 10.5 Å². The molecule has 0 fully saturated rings. The zero-order valence-electron chi connectivity index (χ0n) is 11.9. The summed E-state index contributed by atoms with van der Waals surface area (Å²) >= 11 is 0. The number of benzene rings is 1. The summed E-state index contributed by atoms with van der Waals surface area (Å²) in [5.41, 5.74) is 5.84. The molecule has 1 rings (SSSR count). The molecule has 19 heavy (non-hydrogen) atoms. The average Bonchev–Trinajstić information content (AvgIpc) is 2.36. The molecule has 0 heterocycles. The first-order valence-corrected chi connectivity index (χ1v) is 6.40. The fraction of sp³-hybridized carbons (Fsp3) is 0.438. The first-order valence-electron chi connectivity index (χ1n) is 6.40. The smallest absolute Gasteiger partial charge is 0.327 e. The van der Waals surface area contributed by atoms with Crippen molar-refractivity contribution in [2.24, 2.45) is 11.7 Å². The topological polar surface area (TPSA) is 52.3 Å². The van der Waals surface area contributed by atoms with Gasteiger partial charge in [0, 0.05) is 11.5 Å². The van der Waals surface area contributed by atoms with Crippen molar-refractivity contribution in [3.05, 3.63) is 35.9 Å². The monoisotopic (exact) mass is 259 g/mol. The molecule has 0 bridgehead atoms. The van der Waals surface area contributed by atoms with E-state index in [-0.39, 0.29) is 12.0 Å². The van der Waals surface area contributed by atoms with E-state index in [1.54, 1.807) is 20.8 Å². The summed E-state index contributed by atoms with van der Waals surface area (Å²) < 4.78 is 5.16. The predicted molar refractivity (Wildman–Crippen MR) is 76.3 cm³/mol. The third-order valence-electron chi connectivity index (χ3n) is 2.89. The highest BCUT2D eigenvalue weighted by atomic mass is 16.5. The zero-order valence-corrected chi connectivity index (χ0v) is 11.9. The molecule has 0 saturated heterocycles. The van der Waals surface area contributed by atoms with Gasteiger partial charge in [-0.3, -0.25) is 4.79 Å². The van der Waals surface area contributed by atoms with Crippen LogP contribution in [0.1, 0.15) is 33.3 Å². The van der Waals surface area contributed by atoms with E-state index in [2.05, 4.69) is 11.8 Å². The van der Waals surface area contributed by atoms with E-state index in [0.29, 0.717) is 0 Å². The van der Waals surface area contributed by atoms with E-state index in [4.69, 9.17) is 10.5 Å². The number of hydrogen-bond acceptors (Lipinski definition) is 3. The second kappa shape index (κ2) is 6.40. The molecule has 1 aromatic carbocycles. The highest BCUT2D eigenvalue weighted by molar-refractivity contribution is 5.81. The van der Waals surface area contributed by atoms with Crippen LogP contribution < -0.4 is 5.73 Å². The van der Waals surface area contributed by atoms with Crippen molar-refractivity contribution < 1.29 is 9.53 Å². The van der Waals surface area contributed by atoms with Crippen LogP contribution >= 0.6 is 0 Å². The molecule has 2 atom stereocenters. The second-order valence-corrected chi connectivity index (χ2v) is 5.09. The molecule has 3 heteroatoms. The number of nitrogens with two attached hydrogens (primary N) is 1. The molecule has 102 valence electrons. The lowest BCUT2D eigenvalue weighted by molar-refractivity contribution is -0.154. The fourth-order valence-corrected chi connectivity index (χ4v) is 1.38. The average molecular weight is 259 g/mol. The van der Waals surface area contributed by atoms with Crippen LogP contribution in [0.15, 0.2) is 30.3 Å². The van der Waals surface area contributed by atoms with Crippen molar-refractivity contribution >= 4 is 5.97 Å². The number of carbonyl (C=O) groups is 1. The lowest BCUT2D eigenvalue weighted by Crippen LogP contribution is -2.51. The zero-order chi connectivity index (χ0) is 14.5. The second-order valence-electron chi connectivity index (χ2n) is 5.09. The Balaban J connectivity index is 2.79. The minimum atomic E-state index is -1.11. The SMILES string of the molecule is CC(C)OC(=O)[C@@](C)(N)[C@H](C)C#Cc1ccccc1. The molecule has 0 saturated carbocycles. The van der Waals surface area contributed by atoms with Crippen LogP contribution in [0.5, 0.6) is 0 Å². The third-order valence-corrected chi connectivity index (χ3v) is 2.89. The lowest BCUT2D eigenvalue weighted by Gasteiger charge is -2.26. The Morgan fingerprint density at radius 1 is 1.26 bits per heavy atom. The molecular weight excluding hydrogens is 238 g/mol. The van der Waals surface area contributed by atoms with Gasteiger partial charge in [-0.25, -0.2) is 0 Å². The Morgan fingerprint density at radius 3 is 2.37 bits per heavy atom. The predicted octanol–water partition coefficient (Wildman–Crippen LogP) is 2.34. The molecule has 0 spiro atoms. The van der Waals surface area contributed by atoms with Gasteiger partial charge in [0.05, 0.1) is 6.10 Å². The van der Waals surface area contributed by atoms with Crippen LogP contribution in [-0.2, 0) is 9.53 Å². The van der Waals surface area contributed by atoms with Crippen molar-refractivity contribution in [3.8, 4) is 11.8 Å². The molecule has 2 N–H and O–H groups in total. The van der Waals surface area contributed by atoms with Gasteiger partial charge in [-0.2, -0.15) is 0 Å². The van der Waals surface area contributed by atoms with Crippen molar-refractivity contribution in [1.29, 1.82) is 0 Å². The van der Waals surface area contributed by atoms with Crippen LogP contribution in [0, 0.1) is 17.8 Å². The summed E-state index contributed by atoms with van der Waals surface area (Å²) in [4.78, 5) is 11.9. The summed E-state index contributed by atoms with van der Waals surface area (Å²) in [7, 11) is 0. The number of carbonyl (C=O) groups excluding carboxylic acids is 1. The molecule has 0 unspecified atom stereocenters. The number of rotatable bonds is 3. The summed E-state index contributed by atoms with van der Waals surface area (Å²) in [5.74, 6) is 5.33. The van der Waals surface area contributed by atoms with Crippen LogP contribution in [0.4, 0.5) is 0 Å². The number of hydrogen-bond donors (Lipinski definition) is 1. The summed E-state index contributed by atoms with van der Waals surface area (Å²) in [5, 5.41) is 0. The van der Waals surface area contributed by atoms with Gasteiger partial charge in [-0.1, -0.05) is 30.0 Å². The van der Waals surface area contributed by atoms with Crippen molar-refractivity contribution in [3.63, 3.8) is 0 Å². The van der Waals surface area contributed by atoms with E-state index >= 15 is 0 Å². The van der Waals surface area contributed by atoms with Gasteiger partial charge in [0.15, 0.2) is 0 Å². The van der Waals surface area contributed by atoms with Crippen LogP contribution in [-0.4, -0.2) is 17.6 Å². The quantitative estimate of drug-likeness (QED) is 0.669. The van der Waals surface area contributed by atoms with Crippen LogP contribution in [0.25, 0.3) is 0 Å². The van der Waals surface area contributed by atoms with E-state index in [1.807, 2.05) is 37.3 Å². The minimum absolute atomic E-state index is 0.176. The van der Waals surface area contributed by atoms with Gasteiger partial charge in [0.1, 0.15) is 5.54 Å². The maximum Gasteiger partial charge on any atom is 0.327 e. The van der Waals surface area contributed by atoms with Crippen molar-refractivity contribution in [1.82, 2.24) is 0 Å². The van der Waals surface area contributed by atoms with E-state index in [1.165, 1.54) is 0 Å². The van der Waals surface area contributed by atoms with Gasteiger partial charge in [0.25, 0.3) is 0 Å². The largest absolute Gasteiger partial charge is 0.462 e. The van der Waals surface area contributed by atoms with E-state index < -0.39 is 11.5 Å². The molecule has 0 aliphatic heterocycles. The normalized spacial score (nSPS) is 15.1. The van der Waals surface area contributed by atoms with E-state index in [9.17, 15) is 4.79 Å². The van der Waals surface area contributed by atoms with E-state index in [0.717, 1.165) is 5.56 Å². The maximum absolute atomic E-state index is 11.9. The third kappa shape index (κ3) is 4.42. The molecular formula is C16H21NO2.